The fraction of sp³-hybridized carbons (Fsp3) is 0.320. The van der Waals surface area contributed by atoms with Crippen molar-refractivity contribution in [1.29, 1.82) is 0 Å². The monoisotopic (exact) mass is 375 g/mol. The average molecular weight is 376 g/mol. The van der Waals surface area contributed by atoms with Gasteiger partial charge in [0, 0.05) is 22.5 Å². The summed E-state index contributed by atoms with van der Waals surface area (Å²) in [4.78, 5) is 4.10. The molecule has 0 spiro atoms. The summed E-state index contributed by atoms with van der Waals surface area (Å²) in [6.45, 7) is 13.4. The fourth-order valence-electron chi connectivity index (χ4n) is 2.97. The number of hydrogen-bond donors (Lipinski definition) is 0. The Morgan fingerprint density at radius 1 is 0.667 bits per heavy atom. The van der Waals surface area contributed by atoms with Gasteiger partial charge in [-0.25, -0.2) is 0 Å². The van der Waals surface area contributed by atoms with Crippen LogP contribution in [-0.2, 0) is 10.8 Å². The minimum atomic E-state index is 0.220. The Kier molecular flexibility index (Phi) is 5.39. The van der Waals surface area contributed by atoms with Gasteiger partial charge in [-0.05, 0) is 56.3 Å². The lowest BCUT2D eigenvalue weighted by molar-refractivity contribution is 0.591. The summed E-state index contributed by atoms with van der Waals surface area (Å²) < 4.78 is 1.40. The minimum Gasteiger partial charge on any atom is -0.264 e. The van der Waals surface area contributed by atoms with Crippen LogP contribution in [0.25, 0.3) is 20.9 Å². The summed E-state index contributed by atoms with van der Waals surface area (Å²) in [6, 6.07) is 17.6. The van der Waals surface area contributed by atoms with Gasteiger partial charge in [0.25, 0.3) is 0 Å². The molecule has 2 aromatic carbocycles. The summed E-state index contributed by atoms with van der Waals surface area (Å²) >= 11 is 1.82. The Morgan fingerprint density at radius 2 is 1.30 bits per heavy atom. The second-order valence-electron chi connectivity index (χ2n) is 9.11. The van der Waals surface area contributed by atoms with Crippen molar-refractivity contribution < 1.29 is 0 Å². The summed E-state index contributed by atoms with van der Waals surface area (Å²) in [5.41, 5.74) is 3.27. The van der Waals surface area contributed by atoms with Crippen molar-refractivity contribution in [3.8, 4) is 0 Å². The first-order chi connectivity index (χ1) is 12.6. The van der Waals surface area contributed by atoms with E-state index in [0.29, 0.717) is 0 Å². The molecule has 140 valence electrons. The predicted molar refractivity (Wildman–Crippen MR) is 121 cm³/mol. The molecule has 4 aromatic rings. The van der Waals surface area contributed by atoms with Gasteiger partial charge in [0.15, 0.2) is 0 Å². The Hall–Kier alpha value is -2.19. The molecule has 0 N–H and O–H groups in total. The summed E-state index contributed by atoms with van der Waals surface area (Å²) in [7, 11) is 0. The zero-order valence-corrected chi connectivity index (χ0v) is 18.0. The van der Waals surface area contributed by atoms with E-state index < -0.39 is 0 Å². The van der Waals surface area contributed by atoms with Gasteiger partial charge in [-0.1, -0.05) is 71.9 Å². The standard InChI is InChI=1S/C13H15N.C12H14S/c1-13(2,3)12-5-4-11-9-14-7-6-10(11)8-12;1-12(2,3)10-5-4-9-6-7-13-11(9)8-10/h4-9H,1-3H3;4-8H,1-3H3. The average Bonchev–Trinajstić information content (AvgIpc) is 3.08. The molecule has 0 aliphatic carbocycles. The third-order valence-corrected chi connectivity index (χ3v) is 5.71. The lowest BCUT2D eigenvalue weighted by Gasteiger charge is -2.19. The van der Waals surface area contributed by atoms with Crippen LogP contribution in [0.2, 0.25) is 0 Å². The SMILES string of the molecule is CC(C)(C)c1ccc2ccsc2c1.CC(C)(C)c1ccc2cnccc2c1. The molecule has 27 heavy (non-hydrogen) atoms. The van der Waals surface area contributed by atoms with Crippen molar-refractivity contribution >= 4 is 32.2 Å². The van der Waals surface area contributed by atoms with E-state index in [4.69, 9.17) is 0 Å². The number of benzene rings is 2. The molecule has 0 aliphatic heterocycles. The Morgan fingerprint density at radius 3 is 1.96 bits per heavy atom. The van der Waals surface area contributed by atoms with Crippen molar-refractivity contribution in [2.45, 2.75) is 52.4 Å². The maximum Gasteiger partial charge on any atom is 0.0346 e. The first-order valence-electron chi connectivity index (χ1n) is 9.46. The molecule has 0 saturated heterocycles. The molecule has 1 nitrogen and oxygen atoms in total. The van der Waals surface area contributed by atoms with E-state index in [2.05, 4.69) is 100 Å². The maximum absolute atomic E-state index is 4.10. The zero-order valence-electron chi connectivity index (χ0n) is 17.2. The first-order valence-corrected chi connectivity index (χ1v) is 10.3. The van der Waals surface area contributed by atoms with Gasteiger partial charge < -0.3 is 0 Å². The van der Waals surface area contributed by atoms with Crippen molar-refractivity contribution in [3.63, 3.8) is 0 Å². The van der Waals surface area contributed by atoms with E-state index in [9.17, 15) is 0 Å². The van der Waals surface area contributed by atoms with Crippen LogP contribution in [0.3, 0.4) is 0 Å². The minimum absolute atomic E-state index is 0.220. The molecule has 4 rings (SSSR count). The number of pyridine rings is 1. The van der Waals surface area contributed by atoms with E-state index in [-0.39, 0.29) is 10.8 Å². The lowest BCUT2D eigenvalue weighted by Crippen LogP contribution is -2.10. The molecule has 0 atom stereocenters. The van der Waals surface area contributed by atoms with Gasteiger partial charge in [-0.3, -0.25) is 4.98 Å². The zero-order chi connectivity index (χ0) is 19.7. The molecule has 2 heterocycles. The van der Waals surface area contributed by atoms with Crippen molar-refractivity contribution in [1.82, 2.24) is 4.98 Å². The molecule has 0 aliphatic rings. The van der Waals surface area contributed by atoms with Gasteiger partial charge >= 0.3 is 0 Å². The van der Waals surface area contributed by atoms with Crippen molar-refractivity contribution in [3.05, 3.63) is 77.4 Å². The lowest BCUT2D eigenvalue weighted by atomic mass is 9.86. The van der Waals surface area contributed by atoms with Crippen LogP contribution < -0.4 is 0 Å². The van der Waals surface area contributed by atoms with Gasteiger partial charge in [0.1, 0.15) is 0 Å². The van der Waals surface area contributed by atoms with Crippen molar-refractivity contribution in [2.75, 3.05) is 0 Å². The predicted octanol–water partition coefficient (Wildman–Crippen LogP) is 7.73. The van der Waals surface area contributed by atoms with Crippen molar-refractivity contribution in [2.24, 2.45) is 0 Å². The third kappa shape index (κ3) is 4.75. The highest BCUT2D eigenvalue weighted by molar-refractivity contribution is 7.17. The smallest absolute Gasteiger partial charge is 0.0346 e. The van der Waals surface area contributed by atoms with Crippen LogP contribution in [-0.4, -0.2) is 4.98 Å². The summed E-state index contributed by atoms with van der Waals surface area (Å²) in [5, 5.41) is 5.99. The largest absolute Gasteiger partial charge is 0.264 e. The number of hydrogen-bond acceptors (Lipinski definition) is 2. The van der Waals surface area contributed by atoms with Gasteiger partial charge in [0.05, 0.1) is 0 Å². The molecule has 0 bridgehead atoms. The van der Waals surface area contributed by atoms with Crippen LogP contribution in [0, 0.1) is 0 Å². The Balaban J connectivity index is 0.000000156. The second kappa shape index (κ2) is 7.44. The van der Waals surface area contributed by atoms with E-state index in [1.54, 1.807) is 0 Å². The molecule has 0 amide bonds. The normalized spacial score (nSPS) is 12.1. The number of rotatable bonds is 0. The summed E-state index contributed by atoms with van der Waals surface area (Å²) in [6.07, 6.45) is 3.75. The van der Waals surface area contributed by atoms with Gasteiger partial charge in [-0.15, -0.1) is 11.3 Å². The molecule has 2 heteroatoms. The molecule has 2 aromatic heterocycles. The Labute approximate surface area is 167 Å². The van der Waals surface area contributed by atoms with Crippen LogP contribution in [0.1, 0.15) is 52.7 Å². The number of thiophene rings is 1. The van der Waals surface area contributed by atoms with Crippen LogP contribution in [0.5, 0.6) is 0 Å². The molecular formula is C25H29NS. The highest BCUT2D eigenvalue weighted by Crippen LogP contribution is 2.28. The Bertz CT molecular complexity index is 1040. The van der Waals surface area contributed by atoms with E-state index >= 15 is 0 Å². The molecular weight excluding hydrogens is 346 g/mol. The van der Waals surface area contributed by atoms with Crippen LogP contribution in [0.15, 0.2) is 66.3 Å². The van der Waals surface area contributed by atoms with Crippen LogP contribution >= 0.6 is 11.3 Å². The first kappa shape index (κ1) is 19.6. The van der Waals surface area contributed by atoms with E-state index in [1.807, 2.05) is 23.7 Å². The number of aromatic nitrogens is 1. The maximum atomic E-state index is 4.10. The summed E-state index contributed by atoms with van der Waals surface area (Å²) in [5.74, 6) is 0. The number of fused-ring (bicyclic) bond motifs is 2. The molecule has 0 saturated carbocycles. The molecule has 0 fully saturated rings. The van der Waals surface area contributed by atoms with Crippen LogP contribution in [0.4, 0.5) is 0 Å². The highest BCUT2D eigenvalue weighted by atomic mass is 32.1. The quantitative estimate of drug-likeness (QED) is 0.306. The van der Waals surface area contributed by atoms with E-state index in [0.717, 1.165) is 0 Å². The van der Waals surface area contributed by atoms with Gasteiger partial charge in [-0.2, -0.15) is 0 Å². The molecule has 0 radical (unpaired) electrons. The highest BCUT2D eigenvalue weighted by Gasteiger charge is 2.14. The molecule has 0 unspecified atom stereocenters. The third-order valence-electron chi connectivity index (χ3n) is 4.83. The second-order valence-corrected chi connectivity index (χ2v) is 10.1. The van der Waals surface area contributed by atoms with E-state index in [1.165, 1.54) is 32.0 Å². The fourth-order valence-corrected chi connectivity index (χ4v) is 3.80. The topological polar surface area (TPSA) is 12.9 Å². The number of nitrogens with zero attached hydrogens (tertiary/aromatic N) is 1. The van der Waals surface area contributed by atoms with Gasteiger partial charge in [0.2, 0.25) is 0 Å².